The van der Waals surface area contributed by atoms with Crippen LogP contribution in [-0.4, -0.2) is 8.07 Å². The molecule has 0 aromatic carbocycles. The molecule has 0 aliphatic carbocycles. The molecule has 1 unspecified atom stereocenters. The van der Waals surface area contributed by atoms with Gasteiger partial charge in [0.2, 0.25) is 0 Å². The minimum absolute atomic E-state index is 0.830. The molecule has 1 atom stereocenters. The second-order valence-corrected chi connectivity index (χ2v) is 9.09. The number of hydrogen-bond acceptors (Lipinski definition) is 0. The molecule has 0 saturated heterocycles. The van der Waals surface area contributed by atoms with Crippen molar-refractivity contribution in [3.8, 4) is 0 Å². The van der Waals surface area contributed by atoms with Crippen molar-refractivity contribution in [1.29, 1.82) is 0 Å². The first kappa shape index (κ1) is 13.4. The van der Waals surface area contributed by atoms with Crippen LogP contribution in [0.25, 0.3) is 0 Å². The molecular weight excluding hydrogens is 184 g/mol. The summed E-state index contributed by atoms with van der Waals surface area (Å²) < 4.78 is 0. The molecule has 0 fully saturated rings. The number of hydrogen-bond donors (Lipinski definition) is 0. The molecule has 0 radical (unpaired) electrons. The molecule has 14 heavy (non-hydrogen) atoms. The zero-order chi connectivity index (χ0) is 11.0. The summed E-state index contributed by atoms with van der Waals surface area (Å²) in [6.45, 7) is 16.3. The van der Waals surface area contributed by atoms with Gasteiger partial charge >= 0.3 is 0 Å². The van der Waals surface area contributed by atoms with Crippen LogP contribution >= 0.6 is 0 Å². The maximum absolute atomic E-state index is 3.89. The maximum Gasteiger partial charge on any atom is 0.0676 e. The normalized spacial score (nSPS) is 13.3. The van der Waals surface area contributed by atoms with Gasteiger partial charge in [-0.3, -0.25) is 0 Å². The van der Waals surface area contributed by atoms with Gasteiger partial charge in [0.05, 0.1) is 8.07 Å². The van der Waals surface area contributed by atoms with Crippen LogP contribution in [0.5, 0.6) is 0 Å². The van der Waals surface area contributed by atoms with Gasteiger partial charge in [-0.25, -0.2) is 0 Å². The van der Waals surface area contributed by atoms with E-state index in [1.807, 2.05) is 0 Å². The maximum atomic E-state index is 3.89. The van der Waals surface area contributed by atoms with E-state index in [0.29, 0.717) is 0 Å². The lowest BCUT2D eigenvalue weighted by atomic mass is 10.4. The molecule has 0 aliphatic rings. The van der Waals surface area contributed by atoms with Crippen molar-refractivity contribution in [1.82, 2.24) is 0 Å². The Hall–Kier alpha value is -0.563. The van der Waals surface area contributed by atoms with Crippen molar-refractivity contribution >= 4 is 8.07 Å². The second kappa shape index (κ2) is 6.83. The number of rotatable bonds is 8. The summed E-state index contributed by atoms with van der Waals surface area (Å²) in [4.78, 5) is 0. The van der Waals surface area contributed by atoms with E-state index < -0.39 is 8.07 Å². The summed E-state index contributed by atoms with van der Waals surface area (Å²) in [5.41, 5.74) is 0.830. The zero-order valence-electron chi connectivity index (χ0n) is 9.76. The van der Waals surface area contributed by atoms with E-state index >= 15 is 0 Å². The summed E-state index contributed by atoms with van der Waals surface area (Å²) in [5.74, 6) is 0. The Morgan fingerprint density at radius 2 is 1.36 bits per heavy atom. The molecule has 0 saturated carbocycles. The Kier molecular flexibility index (Phi) is 6.55. The molecule has 0 spiro atoms. The van der Waals surface area contributed by atoms with Crippen LogP contribution in [0.3, 0.4) is 0 Å². The molecule has 0 rings (SSSR count). The quantitative estimate of drug-likeness (QED) is 0.397. The predicted octanol–water partition coefficient (Wildman–Crippen LogP) is 4.79. The third-order valence-electron chi connectivity index (χ3n) is 3.31. The minimum Gasteiger partial charge on any atom is -0.103 e. The van der Waals surface area contributed by atoms with Crippen molar-refractivity contribution < 1.29 is 0 Å². The molecule has 0 aromatic heterocycles. The number of allylic oxidation sites excluding steroid dienone is 3. The highest BCUT2D eigenvalue weighted by Crippen LogP contribution is 2.36. The fraction of sp³-hybridized carbons (Fsp3) is 0.538. The third-order valence-corrected chi connectivity index (χ3v) is 9.11. The van der Waals surface area contributed by atoms with Crippen LogP contribution in [0.1, 0.15) is 20.3 Å². The van der Waals surface area contributed by atoms with Crippen LogP contribution in [0.2, 0.25) is 23.7 Å². The Bertz CT molecular complexity index is 167. The van der Waals surface area contributed by atoms with Gasteiger partial charge in [0, 0.05) is 0 Å². The second-order valence-electron chi connectivity index (χ2n) is 4.15. The highest BCUT2D eigenvalue weighted by atomic mass is 28.3. The van der Waals surface area contributed by atoms with E-state index in [-0.39, 0.29) is 0 Å². The first-order chi connectivity index (χ1) is 6.66. The molecule has 0 aliphatic heterocycles. The van der Waals surface area contributed by atoms with Crippen molar-refractivity contribution in [2.75, 3.05) is 0 Å². The molecule has 0 bridgehead atoms. The van der Waals surface area contributed by atoms with Crippen molar-refractivity contribution in [3.05, 3.63) is 38.0 Å². The smallest absolute Gasteiger partial charge is 0.0676 e. The Labute approximate surface area is 90.4 Å². The van der Waals surface area contributed by atoms with Gasteiger partial charge in [0.15, 0.2) is 0 Å². The lowest BCUT2D eigenvalue weighted by Crippen LogP contribution is -2.36. The summed E-state index contributed by atoms with van der Waals surface area (Å²) in [7, 11) is -1.25. The van der Waals surface area contributed by atoms with Crippen LogP contribution < -0.4 is 0 Å². The van der Waals surface area contributed by atoms with E-state index in [9.17, 15) is 0 Å². The molecule has 0 N–H and O–H groups in total. The van der Waals surface area contributed by atoms with Gasteiger partial charge in [-0.2, -0.15) is 0 Å². The van der Waals surface area contributed by atoms with Gasteiger partial charge in [-0.15, -0.1) is 19.7 Å². The summed E-state index contributed by atoms with van der Waals surface area (Å²) >= 11 is 0. The average molecular weight is 208 g/mol. The Balaban J connectivity index is 4.78. The zero-order valence-corrected chi connectivity index (χ0v) is 10.8. The van der Waals surface area contributed by atoms with Crippen molar-refractivity contribution in [2.45, 2.75) is 43.9 Å². The Morgan fingerprint density at radius 1 is 1.00 bits per heavy atom. The van der Waals surface area contributed by atoms with Crippen LogP contribution in [0.15, 0.2) is 38.0 Å². The third kappa shape index (κ3) is 3.30. The van der Waals surface area contributed by atoms with Crippen LogP contribution in [0, 0.1) is 0 Å². The molecule has 0 nitrogen and oxygen atoms in total. The molecule has 0 heterocycles. The lowest BCUT2D eigenvalue weighted by molar-refractivity contribution is 0.826. The fourth-order valence-corrected chi connectivity index (χ4v) is 6.45. The Morgan fingerprint density at radius 3 is 1.57 bits per heavy atom. The van der Waals surface area contributed by atoms with Gasteiger partial charge in [-0.05, 0) is 23.7 Å². The molecule has 80 valence electrons. The molecular formula is C13H24Si. The topological polar surface area (TPSA) is 0 Å². The van der Waals surface area contributed by atoms with E-state index in [1.54, 1.807) is 0 Å². The highest BCUT2D eigenvalue weighted by Gasteiger charge is 2.33. The monoisotopic (exact) mass is 208 g/mol. The van der Waals surface area contributed by atoms with Crippen molar-refractivity contribution in [3.63, 3.8) is 0 Å². The average Bonchev–Trinajstić information content (AvgIpc) is 2.17. The molecule has 1 heteroatoms. The largest absolute Gasteiger partial charge is 0.103 e. The highest BCUT2D eigenvalue weighted by molar-refractivity contribution is 6.82. The predicted molar refractivity (Wildman–Crippen MR) is 70.5 cm³/mol. The van der Waals surface area contributed by atoms with E-state index in [2.05, 4.69) is 51.8 Å². The minimum atomic E-state index is -1.25. The first-order valence-corrected chi connectivity index (χ1v) is 8.19. The fourth-order valence-electron chi connectivity index (χ4n) is 2.15. The molecule has 0 amide bonds. The van der Waals surface area contributed by atoms with E-state index in [4.69, 9.17) is 0 Å². The van der Waals surface area contributed by atoms with E-state index in [1.165, 1.54) is 24.6 Å². The molecule has 0 aromatic rings. The van der Waals surface area contributed by atoms with Gasteiger partial charge in [0.25, 0.3) is 0 Å². The first-order valence-electron chi connectivity index (χ1n) is 5.49. The summed E-state index contributed by atoms with van der Waals surface area (Å²) in [6, 6.07) is 3.58. The van der Waals surface area contributed by atoms with Crippen LogP contribution in [-0.2, 0) is 0 Å². The van der Waals surface area contributed by atoms with Gasteiger partial charge < -0.3 is 0 Å². The van der Waals surface area contributed by atoms with Gasteiger partial charge in [0.1, 0.15) is 0 Å². The SMILES string of the molecule is C=CC[Si](CC=C)(CC=C)C(C)CC. The standard InChI is InChI=1S/C13H24Si/c1-6-10-14(11-7-2,12-8-3)13(5)9-4/h6-8,13H,1-3,9-12H2,4-5H3. The van der Waals surface area contributed by atoms with Gasteiger partial charge in [-0.1, -0.05) is 38.5 Å². The summed E-state index contributed by atoms with van der Waals surface area (Å²) in [5, 5.41) is 0. The lowest BCUT2D eigenvalue weighted by Gasteiger charge is -2.34. The van der Waals surface area contributed by atoms with Crippen LogP contribution in [0.4, 0.5) is 0 Å². The summed E-state index contributed by atoms with van der Waals surface area (Å²) in [6.07, 6.45) is 7.53. The van der Waals surface area contributed by atoms with E-state index in [0.717, 1.165) is 5.54 Å². The van der Waals surface area contributed by atoms with Crippen molar-refractivity contribution in [2.24, 2.45) is 0 Å².